The molecule has 2 aromatic rings. The monoisotopic (exact) mass is 349 g/mol. The maximum absolute atomic E-state index is 11.7. The topological polar surface area (TPSA) is 79.5 Å². The van der Waals surface area contributed by atoms with Gasteiger partial charge in [-0.3, -0.25) is 15.6 Å². The predicted octanol–water partition coefficient (Wildman–Crippen LogP) is 2.56. The largest absolute Gasteiger partial charge is 0.462 e. The summed E-state index contributed by atoms with van der Waals surface area (Å²) in [5, 5.41) is 4.95. The fourth-order valence-corrected chi connectivity index (χ4v) is 2.44. The molecule has 120 valence electrons. The first kappa shape index (κ1) is 16.9. The number of hydrogen-bond acceptors (Lipinski definition) is 5. The van der Waals surface area contributed by atoms with E-state index in [0.29, 0.717) is 22.7 Å². The van der Waals surface area contributed by atoms with Crippen molar-refractivity contribution in [1.82, 2.24) is 10.9 Å². The van der Waals surface area contributed by atoms with E-state index in [1.165, 1.54) is 11.3 Å². The Kier molecular flexibility index (Phi) is 6.07. The summed E-state index contributed by atoms with van der Waals surface area (Å²) < 4.78 is 4.91. The first-order valence-corrected chi connectivity index (χ1v) is 8.07. The van der Waals surface area contributed by atoms with E-state index in [9.17, 15) is 9.59 Å². The summed E-state index contributed by atoms with van der Waals surface area (Å²) >= 11 is 6.42. The van der Waals surface area contributed by atoms with Gasteiger partial charge < -0.3 is 10.1 Å². The summed E-state index contributed by atoms with van der Waals surface area (Å²) in [6.45, 7) is 2.08. The highest BCUT2D eigenvalue weighted by Gasteiger charge is 2.08. The van der Waals surface area contributed by atoms with Crippen LogP contribution >= 0.6 is 23.6 Å². The summed E-state index contributed by atoms with van der Waals surface area (Å²) in [5.74, 6) is -0.634. The first-order valence-electron chi connectivity index (χ1n) is 6.78. The minimum Gasteiger partial charge on any atom is -0.462 e. The van der Waals surface area contributed by atoms with Crippen molar-refractivity contribution in [1.29, 1.82) is 0 Å². The third-order valence-corrected chi connectivity index (χ3v) is 3.76. The second kappa shape index (κ2) is 8.25. The van der Waals surface area contributed by atoms with Crippen molar-refractivity contribution in [2.45, 2.75) is 6.92 Å². The van der Waals surface area contributed by atoms with Crippen molar-refractivity contribution in [2.75, 3.05) is 11.9 Å². The van der Waals surface area contributed by atoms with Gasteiger partial charge in [-0.25, -0.2) is 4.79 Å². The average Bonchev–Trinajstić information content (AvgIpc) is 3.08. The average molecular weight is 349 g/mol. The Balaban J connectivity index is 1.83. The van der Waals surface area contributed by atoms with Crippen LogP contribution in [-0.4, -0.2) is 23.6 Å². The Morgan fingerprint density at radius 1 is 1.17 bits per heavy atom. The highest BCUT2D eigenvalue weighted by molar-refractivity contribution is 7.80. The Morgan fingerprint density at radius 2 is 1.91 bits per heavy atom. The molecule has 0 saturated carbocycles. The maximum Gasteiger partial charge on any atom is 0.338 e. The summed E-state index contributed by atoms with van der Waals surface area (Å²) in [6, 6.07) is 10.2. The zero-order valence-corrected chi connectivity index (χ0v) is 13.9. The van der Waals surface area contributed by atoms with Crippen LogP contribution in [0, 0.1) is 0 Å². The van der Waals surface area contributed by atoms with Crippen LogP contribution in [-0.2, 0) is 4.74 Å². The lowest BCUT2D eigenvalue weighted by atomic mass is 10.2. The second-order valence-corrected chi connectivity index (χ2v) is 5.66. The van der Waals surface area contributed by atoms with Crippen molar-refractivity contribution >= 4 is 46.2 Å². The number of benzene rings is 1. The Bertz CT molecular complexity index is 685. The molecule has 0 aliphatic rings. The third kappa shape index (κ3) is 5.04. The summed E-state index contributed by atoms with van der Waals surface area (Å²) in [4.78, 5) is 23.9. The number of rotatable bonds is 4. The van der Waals surface area contributed by atoms with E-state index in [-0.39, 0.29) is 17.0 Å². The molecule has 1 aromatic heterocycles. The number of ether oxygens (including phenoxy) is 1. The standard InChI is InChI=1S/C15H15N3O3S2/c1-2-21-14(20)10-5-7-11(8-6-10)16-15(22)18-17-13(19)12-4-3-9-23-12/h3-9H,2H2,1H3,(H,17,19)(H2,16,18,22). The molecule has 1 heterocycles. The second-order valence-electron chi connectivity index (χ2n) is 4.31. The molecule has 1 amide bonds. The molecular formula is C15H15N3O3S2. The SMILES string of the molecule is CCOC(=O)c1ccc(NC(=S)NNC(=O)c2cccs2)cc1. The van der Waals surface area contributed by atoms with E-state index in [4.69, 9.17) is 17.0 Å². The first-order chi connectivity index (χ1) is 11.1. The number of anilines is 1. The quantitative estimate of drug-likeness (QED) is 0.447. The van der Waals surface area contributed by atoms with Gasteiger partial charge in [-0.15, -0.1) is 11.3 Å². The zero-order valence-electron chi connectivity index (χ0n) is 12.3. The van der Waals surface area contributed by atoms with Gasteiger partial charge in [0.2, 0.25) is 0 Å². The number of nitrogens with one attached hydrogen (secondary N) is 3. The summed E-state index contributed by atoms with van der Waals surface area (Å²) in [7, 11) is 0. The highest BCUT2D eigenvalue weighted by Crippen LogP contribution is 2.10. The molecule has 0 aliphatic carbocycles. The van der Waals surface area contributed by atoms with Crippen LogP contribution in [0.2, 0.25) is 0 Å². The van der Waals surface area contributed by atoms with E-state index in [1.54, 1.807) is 43.3 Å². The number of hydrogen-bond donors (Lipinski definition) is 3. The van der Waals surface area contributed by atoms with Crippen molar-refractivity contribution in [3.05, 3.63) is 52.2 Å². The summed E-state index contributed by atoms with van der Waals surface area (Å²) in [5.41, 5.74) is 6.25. The molecule has 6 nitrogen and oxygen atoms in total. The molecule has 0 fully saturated rings. The van der Waals surface area contributed by atoms with Gasteiger partial charge in [-0.1, -0.05) is 6.07 Å². The highest BCUT2D eigenvalue weighted by atomic mass is 32.1. The molecule has 3 N–H and O–H groups in total. The van der Waals surface area contributed by atoms with Gasteiger partial charge in [0.25, 0.3) is 5.91 Å². The number of amides is 1. The van der Waals surface area contributed by atoms with Crippen LogP contribution in [0.25, 0.3) is 0 Å². The van der Waals surface area contributed by atoms with E-state index in [2.05, 4.69) is 16.2 Å². The lowest BCUT2D eigenvalue weighted by Crippen LogP contribution is -2.43. The number of carbonyl (C=O) groups excluding carboxylic acids is 2. The lowest BCUT2D eigenvalue weighted by Gasteiger charge is -2.11. The van der Waals surface area contributed by atoms with Crippen molar-refractivity contribution in [2.24, 2.45) is 0 Å². The van der Waals surface area contributed by atoms with Crippen LogP contribution in [0.3, 0.4) is 0 Å². The zero-order chi connectivity index (χ0) is 16.7. The van der Waals surface area contributed by atoms with E-state index in [0.717, 1.165) is 0 Å². The molecule has 0 spiro atoms. The smallest absolute Gasteiger partial charge is 0.338 e. The van der Waals surface area contributed by atoms with Gasteiger partial charge in [0.1, 0.15) is 0 Å². The van der Waals surface area contributed by atoms with E-state index >= 15 is 0 Å². The maximum atomic E-state index is 11.7. The van der Waals surface area contributed by atoms with E-state index in [1.807, 2.05) is 5.38 Å². The number of thiocarbonyl (C=S) groups is 1. The van der Waals surface area contributed by atoms with Crippen LogP contribution < -0.4 is 16.2 Å². The molecule has 0 atom stereocenters. The molecule has 0 bridgehead atoms. The minimum atomic E-state index is -0.372. The Hall–Kier alpha value is -2.45. The number of carbonyl (C=O) groups is 2. The number of esters is 1. The van der Waals surface area contributed by atoms with Crippen LogP contribution in [0.1, 0.15) is 27.0 Å². The van der Waals surface area contributed by atoms with Crippen LogP contribution in [0.5, 0.6) is 0 Å². The molecule has 0 aliphatic heterocycles. The van der Waals surface area contributed by atoms with Gasteiger partial charge >= 0.3 is 5.97 Å². The molecule has 2 rings (SSSR count). The van der Waals surface area contributed by atoms with Crippen molar-refractivity contribution in [3.63, 3.8) is 0 Å². The van der Waals surface area contributed by atoms with Gasteiger partial charge in [-0.2, -0.15) is 0 Å². The molecule has 8 heteroatoms. The molecular weight excluding hydrogens is 334 g/mol. The molecule has 0 saturated heterocycles. The van der Waals surface area contributed by atoms with E-state index < -0.39 is 0 Å². The van der Waals surface area contributed by atoms with Crippen molar-refractivity contribution in [3.8, 4) is 0 Å². The summed E-state index contributed by atoms with van der Waals surface area (Å²) in [6.07, 6.45) is 0. The fraction of sp³-hybridized carbons (Fsp3) is 0.133. The molecule has 0 radical (unpaired) electrons. The van der Waals surface area contributed by atoms with Crippen molar-refractivity contribution < 1.29 is 14.3 Å². The van der Waals surface area contributed by atoms with Gasteiger partial charge in [0, 0.05) is 5.69 Å². The third-order valence-electron chi connectivity index (χ3n) is 2.69. The minimum absolute atomic E-state index is 0.235. The van der Waals surface area contributed by atoms with Crippen LogP contribution in [0.15, 0.2) is 41.8 Å². The fourth-order valence-electron chi connectivity index (χ4n) is 1.65. The lowest BCUT2D eigenvalue weighted by molar-refractivity contribution is 0.0526. The molecule has 23 heavy (non-hydrogen) atoms. The van der Waals surface area contributed by atoms with Gasteiger partial charge in [0.05, 0.1) is 17.0 Å². The molecule has 0 unspecified atom stereocenters. The normalized spacial score (nSPS) is 9.78. The number of hydrazine groups is 1. The predicted molar refractivity (Wildman–Crippen MR) is 93.5 cm³/mol. The van der Waals surface area contributed by atoms with Gasteiger partial charge in [0.15, 0.2) is 5.11 Å². The number of thiophene rings is 1. The Labute approximate surface area is 142 Å². The van der Waals surface area contributed by atoms with Crippen LogP contribution in [0.4, 0.5) is 5.69 Å². The Morgan fingerprint density at radius 3 is 2.52 bits per heavy atom. The van der Waals surface area contributed by atoms with Gasteiger partial charge in [-0.05, 0) is 54.9 Å². The molecule has 1 aromatic carbocycles.